The van der Waals surface area contributed by atoms with E-state index in [0.717, 1.165) is 10.5 Å². The van der Waals surface area contributed by atoms with Crippen molar-refractivity contribution in [2.75, 3.05) is 13.2 Å². The second-order valence-corrected chi connectivity index (χ2v) is 8.92. The minimum atomic E-state index is -3.74. The summed E-state index contributed by atoms with van der Waals surface area (Å²) in [5.74, 6) is -2.03. The van der Waals surface area contributed by atoms with Crippen molar-refractivity contribution in [3.8, 4) is 0 Å². The molecule has 0 spiro atoms. The van der Waals surface area contributed by atoms with E-state index in [1.54, 1.807) is 19.1 Å². The van der Waals surface area contributed by atoms with Crippen LogP contribution in [0.1, 0.15) is 31.7 Å². The summed E-state index contributed by atoms with van der Waals surface area (Å²) in [4.78, 5) is 41.0. The van der Waals surface area contributed by atoms with Gasteiger partial charge in [0.15, 0.2) is 0 Å². The fraction of sp³-hybridized carbons (Fsp3) is 0.474. The number of aliphatic carboxylic acids is 1. The third-order valence-electron chi connectivity index (χ3n) is 4.84. The molecule has 0 saturated carbocycles. The maximum Gasteiger partial charge on any atom is 0.326 e. The number of aryl methyl sites for hydroxylation is 1. The van der Waals surface area contributed by atoms with E-state index in [9.17, 15) is 27.9 Å². The predicted molar refractivity (Wildman–Crippen MR) is 113 cm³/mol. The fourth-order valence-electron chi connectivity index (χ4n) is 3.11. The molecule has 1 unspecified atom stereocenters. The number of amidine groups is 1. The Kier molecular flexibility index (Phi) is 8.11. The highest BCUT2D eigenvalue weighted by molar-refractivity contribution is 7.89. The van der Waals surface area contributed by atoms with Crippen molar-refractivity contribution < 1.29 is 27.9 Å². The zero-order valence-corrected chi connectivity index (χ0v) is 18.2. The smallest absolute Gasteiger partial charge is 0.326 e. The number of carbonyl (C=O) groups is 3. The Morgan fingerprint density at radius 3 is 2.58 bits per heavy atom. The molecule has 12 heteroatoms. The van der Waals surface area contributed by atoms with Crippen LogP contribution in [-0.4, -0.2) is 67.3 Å². The van der Waals surface area contributed by atoms with Gasteiger partial charge in [-0.05, 0) is 31.9 Å². The molecule has 5 N–H and O–H groups in total. The lowest BCUT2D eigenvalue weighted by molar-refractivity contribution is -0.156. The molecule has 2 amide bonds. The van der Waals surface area contributed by atoms with Crippen LogP contribution in [0.15, 0.2) is 34.2 Å². The van der Waals surface area contributed by atoms with Crippen LogP contribution < -0.4 is 15.8 Å². The lowest BCUT2D eigenvalue weighted by Gasteiger charge is -2.35. The summed E-state index contributed by atoms with van der Waals surface area (Å²) in [6.45, 7) is 2.87. The molecule has 1 saturated heterocycles. The molecule has 1 aromatic rings. The van der Waals surface area contributed by atoms with Crippen molar-refractivity contribution in [1.29, 1.82) is 0 Å². The molecular weight excluding hydrogens is 426 g/mol. The van der Waals surface area contributed by atoms with Gasteiger partial charge < -0.3 is 21.1 Å². The quantitative estimate of drug-likeness (QED) is 0.275. The van der Waals surface area contributed by atoms with Gasteiger partial charge in [-0.15, -0.1) is 0 Å². The Labute approximate surface area is 180 Å². The Bertz CT molecular complexity index is 961. The summed E-state index contributed by atoms with van der Waals surface area (Å²) >= 11 is 0. The number of hydrogen-bond donors (Lipinski definition) is 4. The van der Waals surface area contributed by atoms with Gasteiger partial charge in [-0.25, -0.2) is 13.2 Å². The second kappa shape index (κ2) is 10.4. The Balaban J connectivity index is 1.93. The zero-order chi connectivity index (χ0) is 23.2. The third kappa shape index (κ3) is 6.49. The first-order valence-electron chi connectivity index (χ1n) is 9.73. The summed E-state index contributed by atoms with van der Waals surface area (Å²) in [6.07, 6.45) is 0.392. The van der Waals surface area contributed by atoms with Gasteiger partial charge in [0.1, 0.15) is 25.3 Å². The number of carbonyl (C=O) groups excluding carboxylic acids is 2. The van der Waals surface area contributed by atoms with Crippen molar-refractivity contribution in [3.63, 3.8) is 0 Å². The van der Waals surface area contributed by atoms with E-state index in [1.165, 1.54) is 12.1 Å². The number of aliphatic imine (C=N–C) groups is 1. The highest BCUT2D eigenvalue weighted by Crippen LogP contribution is 2.14. The molecule has 0 bridgehead atoms. The first kappa shape index (κ1) is 24.3. The van der Waals surface area contributed by atoms with Crippen molar-refractivity contribution in [1.82, 2.24) is 14.9 Å². The van der Waals surface area contributed by atoms with Gasteiger partial charge in [0.05, 0.1) is 10.7 Å². The van der Waals surface area contributed by atoms with E-state index in [4.69, 9.17) is 5.73 Å². The maximum atomic E-state index is 12.6. The fourth-order valence-corrected chi connectivity index (χ4v) is 4.01. The highest BCUT2D eigenvalue weighted by atomic mass is 32.2. The molecule has 31 heavy (non-hydrogen) atoms. The van der Waals surface area contributed by atoms with Gasteiger partial charge in [0.25, 0.3) is 0 Å². The van der Waals surface area contributed by atoms with Gasteiger partial charge in [-0.2, -0.15) is 4.72 Å². The number of nitrogens with two attached hydrogens (primary N) is 1. The molecule has 2 rings (SSSR count). The minimum absolute atomic E-state index is 0.0936. The monoisotopic (exact) mass is 453 g/mol. The number of rotatable bonds is 10. The summed E-state index contributed by atoms with van der Waals surface area (Å²) < 4.78 is 26.8. The number of nitrogens with zero attached hydrogens (tertiary/aromatic N) is 2. The number of piperazine rings is 1. The number of benzene rings is 1. The molecule has 170 valence electrons. The Morgan fingerprint density at radius 2 is 2.00 bits per heavy atom. The van der Waals surface area contributed by atoms with Crippen LogP contribution in [0, 0.1) is 6.92 Å². The molecule has 11 nitrogen and oxygen atoms in total. The highest BCUT2D eigenvalue weighted by Gasteiger charge is 2.38. The Morgan fingerprint density at radius 1 is 1.35 bits per heavy atom. The second-order valence-electron chi connectivity index (χ2n) is 7.16. The number of hydrogen-bond acceptors (Lipinski definition) is 6. The summed E-state index contributed by atoms with van der Waals surface area (Å²) in [7, 11) is -3.74. The predicted octanol–water partition coefficient (Wildman–Crippen LogP) is -0.442. The first-order chi connectivity index (χ1) is 14.5. The van der Waals surface area contributed by atoms with E-state index in [2.05, 4.69) is 15.0 Å². The van der Waals surface area contributed by atoms with Gasteiger partial charge in [0.2, 0.25) is 21.8 Å². The standard InChI is InChI=1S/C19H27N5O6S/c1-3-15(19(27)28)24-10-17(25)23-14(18(24)26)8-9-16(20)21-11-22-31(29,30)13-6-4-12(2)5-7-13/h4-7,14-15,22H,3,8-11H2,1-2H3,(H2,20,21)(H,23,25)(H,27,28)/t14-,15?/m0/s1. The molecule has 0 aromatic heterocycles. The summed E-state index contributed by atoms with van der Waals surface area (Å²) in [5.41, 5.74) is 6.74. The molecule has 1 aliphatic heterocycles. The van der Waals surface area contributed by atoms with E-state index in [1.807, 2.05) is 6.92 Å². The van der Waals surface area contributed by atoms with Crippen LogP contribution in [0.3, 0.4) is 0 Å². The van der Waals surface area contributed by atoms with Crippen molar-refractivity contribution >= 4 is 33.6 Å². The van der Waals surface area contributed by atoms with E-state index in [-0.39, 0.29) is 43.2 Å². The number of amides is 2. The number of sulfonamides is 1. The van der Waals surface area contributed by atoms with Crippen LogP contribution >= 0.6 is 0 Å². The van der Waals surface area contributed by atoms with Crippen LogP contribution in [0.4, 0.5) is 0 Å². The normalized spacial score (nSPS) is 18.6. The average molecular weight is 454 g/mol. The molecule has 1 heterocycles. The topological polar surface area (TPSA) is 171 Å². The third-order valence-corrected chi connectivity index (χ3v) is 6.24. The zero-order valence-electron chi connectivity index (χ0n) is 17.4. The van der Waals surface area contributed by atoms with Crippen molar-refractivity contribution in [2.45, 2.75) is 50.1 Å². The van der Waals surface area contributed by atoms with E-state index < -0.39 is 39.9 Å². The summed E-state index contributed by atoms with van der Waals surface area (Å²) in [5, 5.41) is 11.8. The van der Waals surface area contributed by atoms with Gasteiger partial charge in [-0.1, -0.05) is 24.6 Å². The largest absolute Gasteiger partial charge is 0.480 e. The molecule has 1 aromatic carbocycles. The van der Waals surface area contributed by atoms with Crippen LogP contribution in [0.25, 0.3) is 0 Å². The molecule has 1 fully saturated rings. The first-order valence-corrected chi connectivity index (χ1v) is 11.2. The SMILES string of the molecule is CCC(C(=O)O)N1CC(=O)N[C@@H](CC/C(N)=N/CNS(=O)(=O)c2ccc(C)cc2)C1=O. The lowest BCUT2D eigenvalue weighted by atomic mass is 10.0. The maximum absolute atomic E-state index is 12.6. The van der Waals surface area contributed by atoms with Crippen LogP contribution in [0.5, 0.6) is 0 Å². The van der Waals surface area contributed by atoms with E-state index in [0.29, 0.717) is 0 Å². The Hall–Kier alpha value is -2.99. The van der Waals surface area contributed by atoms with Gasteiger partial charge in [0, 0.05) is 6.42 Å². The van der Waals surface area contributed by atoms with Gasteiger partial charge >= 0.3 is 5.97 Å². The number of carboxylic acids is 1. The molecular formula is C19H27N5O6S. The van der Waals surface area contributed by atoms with Crippen LogP contribution in [-0.2, 0) is 24.4 Å². The number of carboxylic acid groups (broad SMARTS) is 1. The van der Waals surface area contributed by atoms with Gasteiger partial charge in [-0.3, -0.25) is 14.6 Å². The number of nitrogens with one attached hydrogen (secondary N) is 2. The molecule has 0 aliphatic carbocycles. The van der Waals surface area contributed by atoms with Crippen molar-refractivity contribution in [2.24, 2.45) is 10.7 Å². The minimum Gasteiger partial charge on any atom is -0.480 e. The summed E-state index contributed by atoms with van der Waals surface area (Å²) in [6, 6.07) is 4.32. The van der Waals surface area contributed by atoms with Crippen molar-refractivity contribution in [3.05, 3.63) is 29.8 Å². The molecule has 1 aliphatic rings. The average Bonchev–Trinajstić information content (AvgIpc) is 2.69. The lowest BCUT2D eigenvalue weighted by Crippen LogP contribution is -2.62. The molecule has 0 radical (unpaired) electrons. The molecule has 2 atom stereocenters. The van der Waals surface area contributed by atoms with Crippen LogP contribution in [0.2, 0.25) is 0 Å². The van der Waals surface area contributed by atoms with E-state index >= 15 is 0 Å².